The molecule has 3 aromatic rings. The SMILES string of the molecule is COc1ccccc1S(=O)(=O)N(Cc1ccccc1)c1cccc(C)c1. The summed E-state index contributed by atoms with van der Waals surface area (Å²) < 4.78 is 33.7. The molecule has 0 atom stereocenters. The van der Waals surface area contributed by atoms with Crippen LogP contribution in [0.15, 0.2) is 83.8 Å². The summed E-state index contributed by atoms with van der Waals surface area (Å²) in [5.41, 5.74) is 2.53. The molecule has 0 aliphatic rings. The van der Waals surface area contributed by atoms with Gasteiger partial charge < -0.3 is 4.74 Å². The first-order valence-electron chi connectivity index (χ1n) is 8.29. The first-order valence-corrected chi connectivity index (χ1v) is 9.73. The van der Waals surface area contributed by atoms with E-state index in [1.807, 2.05) is 61.5 Å². The monoisotopic (exact) mass is 367 g/mol. The van der Waals surface area contributed by atoms with E-state index in [0.717, 1.165) is 11.1 Å². The Morgan fingerprint density at radius 2 is 1.58 bits per heavy atom. The van der Waals surface area contributed by atoms with Gasteiger partial charge >= 0.3 is 0 Å². The van der Waals surface area contributed by atoms with Gasteiger partial charge in [0.1, 0.15) is 10.6 Å². The highest BCUT2D eigenvalue weighted by molar-refractivity contribution is 7.92. The minimum atomic E-state index is -3.80. The molecule has 5 heteroatoms. The van der Waals surface area contributed by atoms with Gasteiger partial charge in [0.05, 0.1) is 19.3 Å². The molecule has 0 radical (unpaired) electrons. The van der Waals surface area contributed by atoms with Crippen LogP contribution in [0.25, 0.3) is 0 Å². The summed E-state index contributed by atoms with van der Waals surface area (Å²) in [4.78, 5) is 0.153. The number of sulfonamides is 1. The van der Waals surface area contributed by atoms with E-state index in [-0.39, 0.29) is 11.4 Å². The Bertz CT molecular complexity index is 985. The molecular weight excluding hydrogens is 346 g/mol. The van der Waals surface area contributed by atoms with Crippen molar-refractivity contribution in [2.45, 2.75) is 18.4 Å². The summed E-state index contributed by atoms with van der Waals surface area (Å²) in [7, 11) is -2.33. The van der Waals surface area contributed by atoms with Crippen molar-refractivity contribution in [2.75, 3.05) is 11.4 Å². The molecule has 26 heavy (non-hydrogen) atoms. The predicted molar refractivity (Wildman–Crippen MR) is 104 cm³/mol. The molecule has 0 bridgehead atoms. The summed E-state index contributed by atoms with van der Waals surface area (Å²) in [6, 6.07) is 23.7. The van der Waals surface area contributed by atoms with Crippen molar-refractivity contribution in [1.29, 1.82) is 0 Å². The average molecular weight is 367 g/mol. The molecule has 0 saturated carbocycles. The molecular formula is C21H21NO3S. The van der Waals surface area contributed by atoms with Crippen LogP contribution >= 0.6 is 0 Å². The van der Waals surface area contributed by atoms with Crippen LogP contribution in [-0.4, -0.2) is 15.5 Å². The van der Waals surface area contributed by atoms with Gasteiger partial charge in [0.25, 0.3) is 10.0 Å². The summed E-state index contributed by atoms with van der Waals surface area (Å²) in [6.45, 7) is 2.19. The lowest BCUT2D eigenvalue weighted by Crippen LogP contribution is -2.31. The Morgan fingerprint density at radius 3 is 2.27 bits per heavy atom. The Hall–Kier alpha value is -2.79. The highest BCUT2D eigenvalue weighted by Crippen LogP contribution is 2.31. The zero-order valence-electron chi connectivity index (χ0n) is 14.8. The molecule has 0 spiro atoms. The zero-order chi connectivity index (χ0) is 18.6. The second kappa shape index (κ2) is 7.62. The molecule has 3 aromatic carbocycles. The van der Waals surface area contributed by atoms with Gasteiger partial charge in [-0.2, -0.15) is 0 Å². The van der Waals surface area contributed by atoms with Gasteiger partial charge in [0.2, 0.25) is 0 Å². The molecule has 3 rings (SSSR count). The van der Waals surface area contributed by atoms with Crippen molar-refractivity contribution in [3.63, 3.8) is 0 Å². The van der Waals surface area contributed by atoms with Crippen molar-refractivity contribution in [3.8, 4) is 5.75 Å². The fourth-order valence-electron chi connectivity index (χ4n) is 2.80. The Kier molecular flexibility index (Phi) is 5.28. The lowest BCUT2D eigenvalue weighted by atomic mass is 10.2. The van der Waals surface area contributed by atoms with E-state index in [0.29, 0.717) is 11.4 Å². The quantitative estimate of drug-likeness (QED) is 0.649. The largest absolute Gasteiger partial charge is 0.495 e. The molecule has 4 nitrogen and oxygen atoms in total. The molecule has 0 saturated heterocycles. The number of methoxy groups -OCH3 is 1. The van der Waals surface area contributed by atoms with Crippen molar-refractivity contribution >= 4 is 15.7 Å². The van der Waals surface area contributed by atoms with E-state index in [9.17, 15) is 8.42 Å². The van der Waals surface area contributed by atoms with Crippen molar-refractivity contribution in [1.82, 2.24) is 0 Å². The summed E-state index contributed by atoms with van der Waals surface area (Å²) in [5, 5.41) is 0. The standard InChI is InChI=1S/C21H21NO3S/c1-17-9-8-12-19(15-17)22(16-18-10-4-3-5-11-18)26(23,24)21-14-7-6-13-20(21)25-2/h3-15H,16H2,1-2H3. The number of ether oxygens (including phenoxy) is 1. The van der Waals surface area contributed by atoms with Gasteiger partial charge in [0, 0.05) is 0 Å². The maximum absolute atomic E-state index is 13.5. The number of nitrogens with zero attached hydrogens (tertiary/aromatic N) is 1. The number of hydrogen-bond donors (Lipinski definition) is 0. The fourth-order valence-corrected chi connectivity index (χ4v) is 4.40. The van der Waals surface area contributed by atoms with Crippen LogP contribution in [0.4, 0.5) is 5.69 Å². The molecule has 0 heterocycles. The Balaban J connectivity index is 2.13. The van der Waals surface area contributed by atoms with Gasteiger partial charge in [-0.3, -0.25) is 4.31 Å². The third-order valence-electron chi connectivity index (χ3n) is 4.10. The average Bonchev–Trinajstić information content (AvgIpc) is 2.66. The third kappa shape index (κ3) is 3.73. The first-order chi connectivity index (χ1) is 12.5. The van der Waals surface area contributed by atoms with E-state index in [1.165, 1.54) is 11.4 Å². The van der Waals surface area contributed by atoms with Gasteiger partial charge in [-0.25, -0.2) is 8.42 Å². The van der Waals surface area contributed by atoms with E-state index < -0.39 is 10.0 Å². The molecule has 0 aromatic heterocycles. The van der Waals surface area contributed by atoms with Crippen LogP contribution in [0.1, 0.15) is 11.1 Å². The van der Waals surface area contributed by atoms with Crippen LogP contribution < -0.4 is 9.04 Å². The number of para-hydroxylation sites is 1. The second-order valence-electron chi connectivity index (χ2n) is 5.99. The smallest absolute Gasteiger partial charge is 0.268 e. The number of anilines is 1. The lowest BCUT2D eigenvalue weighted by Gasteiger charge is -2.26. The van der Waals surface area contributed by atoms with Crippen LogP contribution in [0.5, 0.6) is 5.75 Å². The number of rotatable bonds is 6. The highest BCUT2D eigenvalue weighted by Gasteiger charge is 2.28. The first kappa shape index (κ1) is 18.0. The second-order valence-corrected chi connectivity index (χ2v) is 7.82. The molecule has 0 aliphatic heterocycles. The minimum absolute atomic E-state index is 0.153. The summed E-state index contributed by atoms with van der Waals surface area (Å²) in [5.74, 6) is 0.332. The van der Waals surface area contributed by atoms with E-state index in [1.54, 1.807) is 24.3 Å². The van der Waals surface area contributed by atoms with Crippen LogP contribution in [0.2, 0.25) is 0 Å². The normalized spacial score (nSPS) is 11.2. The van der Waals surface area contributed by atoms with Crippen LogP contribution in [0.3, 0.4) is 0 Å². The van der Waals surface area contributed by atoms with Crippen molar-refractivity contribution in [2.24, 2.45) is 0 Å². The van der Waals surface area contributed by atoms with Crippen LogP contribution in [0, 0.1) is 6.92 Å². The van der Waals surface area contributed by atoms with Crippen molar-refractivity contribution in [3.05, 3.63) is 90.0 Å². The molecule has 0 unspecified atom stereocenters. The van der Waals surface area contributed by atoms with Gasteiger partial charge in [-0.1, -0.05) is 54.6 Å². The summed E-state index contributed by atoms with van der Waals surface area (Å²) in [6.07, 6.45) is 0. The Morgan fingerprint density at radius 1 is 0.885 bits per heavy atom. The van der Waals surface area contributed by atoms with Crippen LogP contribution in [-0.2, 0) is 16.6 Å². The molecule has 0 fully saturated rings. The lowest BCUT2D eigenvalue weighted by molar-refractivity contribution is 0.402. The molecule has 0 amide bonds. The van der Waals surface area contributed by atoms with Crippen molar-refractivity contribution < 1.29 is 13.2 Å². The highest BCUT2D eigenvalue weighted by atomic mass is 32.2. The number of hydrogen-bond acceptors (Lipinski definition) is 3. The number of aryl methyl sites for hydroxylation is 1. The predicted octanol–water partition coefficient (Wildman–Crippen LogP) is 4.40. The van der Waals surface area contributed by atoms with Gasteiger partial charge in [-0.05, 0) is 42.3 Å². The van der Waals surface area contributed by atoms with E-state index in [4.69, 9.17) is 4.74 Å². The number of benzene rings is 3. The molecule has 0 aliphatic carbocycles. The maximum atomic E-state index is 13.5. The Labute approximate surface area is 154 Å². The summed E-state index contributed by atoms with van der Waals surface area (Å²) >= 11 is 0. The van der Waals surface area contributed by atoms with E-state index in [2.05, 4.69) is 0 Å². The molecule has 0 N–H and O–H groups in total. The third-order valence-corrected chi connectivity index (χ3v) is 5.91. The van der Waals surface area contributed by atoms with Gasteiger partial charge in [0.15, 0.2) is 0 Å². The molecule has 134 valence electrons. The van der Waals surface area contributed by atoms with E-state index >= 15 is 0 Å². The maximum Gasteiger partial charge on any atom is 0.268 e. The minimum Gasteiger partial charge on any atom is -0.495 e. The fraction of sp³-hybridized carbons (Fsp3) is 0.143. The van der Waals surface area contributed by atoms with Gasteiger partial charge in [-0.15, -0.1) is 0 Å². The zero-order valence-corrected chi connectivity index (χ0v) is 15.6. The topological polar surface area (TPSA) is 46.6 Å².